The molecule has 1 heterocycles. The lowest BCUT2D eigenvalue weighted by Crippen LogP contribution is -1.98. The molecule has 0 aliphatic rings. The van der Waals surface area contributed by atoms with E-state index >= 15 is 0 Å². The number of ether oxygens (including phenoxy) is 1. The molecular formula is C8H8Br2O3. The van der Waals surface area contributed by atoms with Crippen molar-refractivity contribution in [1.82, 2.24) is 0 Å². The highest BCUT2D eigenvalue weighted by molar-refractivity contribution is 9.12. The number of alkyl halides is 2. The Kier molecular flexibility index (Phi) is 3.99. The standard InChI is InChI=1S/C8H8Br2O3/c1-12-8(11)5-2-7(13-4-5)6(10)3-9/h2,4,6H,3H2,1H3. The normalized spacial score (nSPS) is 12.5. The van der Waals surface area contributed by atoms with Gasteiger partial charge in [0.2, 0.25) is 0 Å². The van der Waals surface area contributed by atoms with Crippen LogP contribution < -0.4 is 0 Å². The van der Waals surface area contributed by atoms with Crippen LogP contribution in [0.5, 0.6) is 0 Å². The van der Waals surface area contributed by atoms with E-state index in [9.17, 15) is 4.79 Å². The Bertz CT molecular complexity index is 295. The van der Waals surface area contributed by atoms with Crippen molar-refractivity contribution < 1.29 is 13.9 Å². The summed E-state index contributed by atoms with van der Waals surface area (Å²) in [6, 6.07) is 1.66. The second-order valence-corrected chi connectivity index (χ2v) is 4.10. The molecule has 0 spiro atoms. The molecule has 0 saturated carbocycles. The number of hydrogen-bond donors (Lipinski definition) is 0. The van der Waals surface area contributed by atoms with Crippen molar-refractivity contribution in [3.05, 3.63) is 23.7 Å². The summed E-state index contributed by atoms with van der Waals surface area (Å²) < 4.78 is 9.70. The van der Waals surface area contributed by atoms with E-state index in [0.717, 1.165) is 5.33 Å². The van der Waals surface area contributed by atoms with Crippen molar-refractivity contribution in [2.24, 2.45) is 0 Å². The lowest BCUT2D eigenvalue weighted by atomic mass is 10.3. The van der Waals surface area contributed by atoms with Crippen LogP contribution in [0.1, 0.15) is 20.9 Å². The molecule has 1 aromatic rings. The molecule has 72 valence electrons. The Morgan fingerprint density at radius 2 is 2.46 bits per heavy atom. The van der Waals surface area contributed by atoms with E-state index in [1.165, 1.54) is 13.4 Å². The van der Waals surface area contributed by atoms with Gasteiger partial charge < -0.3 is 9.15 Å². The minimum absolute atomic E-state index is 0.0749. The van der Waals surface area contributed by atoms with Crippen LogP contribution in [0.3, 0.4) is 0 Å². The number of furan rings is 1. The Balaban J connectivity index is 2.80. The molecule has 1 rings (SSSR count). The van der Waals surface area contributed by atoms with E-state index < -0.39 is 0 Å². The van der Waals surface area contributed by atoms with Gasteiger partial charge in [0, 0.05) is 5.33 Å². The second-order valence-electron chi connectivity index (χ2n) is 2.35. The Labute approximate surface area is 92.7 Å². The van der Waals surface area contributed by atoms with Gasteiger partial charge in [-0.15, -0.1) is 0 Å². The summed E-state index contributed by atoms with van der Waals surface area (Å²) in [6.07, 6.45) is 1.39. The van der Waals surface area contributed by atoms with Crippen LogP contribution in [-0.2, 0) is 4.74 Å². The van der Waals surface area contributed by atoms with Crippen LogP contribution in [-0.4, -0.2) is 18.4 Å². The highest BCUT2D eigenvalue weighted by Gasteiger charge is 2.14. The summed E-state index contributed by atoms with van der Waals surface area (Å²) in [4.78, 5) is 11.1. The van der Waals surface area contributed by atoms with Gasteiger partial charge in [-0.1, -0.05) is 31.9 Å². The van der Waals surface area contributed by atoms with Crippen molar-refractivity contribution in [1.29, 1.82) is 0 Å². The molecule has 1 atom stereocenters. The van der Waals surface area contributed by atoms with E-state index in [4.69, 9.17) is 4.42 Å². The van der Waals surface area contributed by atoms with Gasteiger partial charge in [0.05, 0.1) is 17.5 Å². The second kappa shape index (κ2) is 4.81. The minimum Gasteiger partial charge on any atom is -0.467 e. The first kappa shape index (κ1) is 10.8. The number of halogens is 2. The molecule has 0 saturated heterocycles. The predicted octanol–water partition coefficient (Wildman–Crippen LogP) is 2.90. The number of carbonyl (C=O) groups excluding carboxylic acids is 1. The largest absolute Gasteiger partial charge is 0.467 e. The summed E-state index contributed by atoms with van der Waals surface area (Å²) in [5.74, 6) is 0.321. The third-order valence-corrected chi connectivity index (χ3v) is 3.78. The van der Waals surface area contributed by atoms with Gasteiger partial charge in [-0.05, 0) is 6.07 Å². The first-order valence-corrected chi connectivity index (χ1v) is 5.59. The van der Waals surface area contributed by atoms with Crippen LogP contribution in [0.2, 0.25) is 0 Å². The molecule has 0 radical (unpaired) electrons. The summed E-state index contributed by atoms with van der Waals surface area (Å²) >= 11 is 6.67. The molecule has 0 aliphatic carbocycles. The minimum atomic E-state index is -0.385. The Hall–Kier alpha value is -0.290. The number of methoxy groups -OCH3 is 1. The monoisotopic (exact) mass is 310 g/mol. The van der Waals surface area contributed by atoms with Crippen molar-refractivity contribution in [2.75, 3.05) is 12.4 Å². The quantitative estimate of drug-likeness (QED) is 0.636. The molecule has 5 heteroatoms. The van der Waals surface area contributed by atoms with Gasteiger partial charge in [0.1, 0.15) is 12.0 Å². The molecule has 1 aromatic heterocycles. The molecule has 0 bridgehead atoms. The van der Waals surface area contributed by atoms with Crippen molar-refractivity contribution in [3.8, 4) is 0 Å². The van der Waals surface area contributed by atoms with Crippen LogP contribution in [0.4, 0.5) is 0 Å². The number of carbonyl (C=O) groups is 1. The fourth-order valence-electron chi connectivity index (χ4n) is 0.818. The van der Waals surface area contributed by atoms with E-state index in [0.29, 0.717) is 11.3 Å². The Morgan fingerprint density at radius 1 is 1.77 bits per heavy atom. The Morgan fingerprint density at radius 3 is 3.00 bits per heavy atom. The average Bonchev–Trinajstić information content (AvgIpc) is 2.64. The van der Waals surface area contributed by atoms with Crippen LogP contribution in [0, 0.1) is 0 Å². The van der Waals surface area contributed by atoms with Crippen LogP contribution >= 0.6 is 31.9 Å². The van der Waals surface area contributed by atoms with Crippen molar-refractivity contribution >= 4 is 37.8 Å². The van der Waals surface area contributed by atoms with E-state index in [1.54, 1.807) is 6.07 Å². The molecule has 1 unspecified atom stereocenters. The molecule has 0 N–H and O–H groups in total. The lowest BCUT2D eigenvalue weighted by molar-refractivity contribution is 0.0600. The molecule has 3 nitrogen and oxygen atoms in total. The fourth-order valence-corrected chi connectivity index (χ4v) is 1.38. The first-order chi connectivity index (χ1) is 6.19. The molecular weight excluding hydrogens is 304 g/mol. The first-order valence-electron chi connectivity index (χ1n) is 3.55. The predicted molar refractivity (Wildman–Crippen MR) is 55.5 cm³/mol. The SMILES string of the molecule is COC(=O)c1coc(C(Br)CBr)c1. The number of esters is 1. The van der Waals surface area contributed by atoms with E-state index in [2.05, 4.69) is 36.6 Å². The fraction of sp³-hybridized carbons (Fsp3) is 0.375. The van der Waals surface area contributed by atoms with Crippen molar-refractivity contribution in [3.63, 3.8) is 0 Å². The number of hydrogen-bond acceptors (Lipinski definition) is 3. The van der Waals surface area contributed by atoms with Gasteiger partial charge in [0.15, 0.2) is 0 Å². The van der Waals surface area contributed by atoms with E-state index in [-0.39, 0.29) is 10.8 Å². The zero-order valence-corrected chi connectivity index (χ0v) is 10.1. The number of rotatable bonds is 3. The van der Waals surface area contributed by atoms with Gasteiger partial charge in [-0.25, -0.2) is 4.79 Å². The van der Waals surface area contributed by atoms with E-state index in [1.807, 2.05) is 0 Å². The summed E-state index contributed by atoms with van der Waals surface area (Å²) in [5, 5.41) is 0.723. The maximum Gasteiger partial charge on any atom is 0.341 e. The van der Waals surface area contributed by atoms with Gasteiger partial charge in [0.25, 0.3) is 0 Å². The smallest absolute Gasteiger partial charge is 0.341 e. The van der Waals surface area contributed by atoms with Crippen LogP contribution in [0.25, 0.3) is 0 Å². The maximum atomic E-state index is 11.0. The zero-order valence-electron chi connectivity index (χ0n) is 6.92. The third kappa shape index (κ3) is 2.57. The lowest BCUT2D eigenvalue weighted by Gasteiger charge is -1.98. The highest BCUT2D eigenvalue weighted by atomic mass is 79.9. The highest BCUT2D eigenvalue weighted by Crippen LogP contribution is 2.26. The summed E-state index contributed by atoms with van der Waals surface area (Å²) in [6.45, 7) is 0. The van der Waals surface area contributed by atoms with Crippen molar-refractivity contribution in [2.45, 2.75) is 4.83 Å². The third-order valence-electron chi connectivity index (χ3n) is 1.49. The molecule has 0 aromatic carbocycles. The molecule has 13 heavy (non-hydrogen) atoms. The molecule has 0 aliphatic heterocycles. The zero-order chi connectivity index (χ0) is 9.84. The van der Waals surface area contributed by atoms with Gasteiger partial charge >= 0.3 is 5.97 Å². The molecule has 0 amide bonds. The molecule has 0 fully saturated rings. The average molecular weight is 312 g/mol. The van der Waals surface area contributed by atoms with Gasteiger partial charge in [-0.3, -0.25) is 0 Å². The van der Waals surface area contributed by atoms with Crippen LogP contribution in [0.15, 0.2) is 16.7 Å². The summed E-state index contributed by atoms with van der Waals surface area (Å²) in [7, 11) is 1.34. The summed E-state index contributed by atoms with van der Waals surface area (Å²) in [5.41, 5.74) is 0.433. The van der Waals surface area contributed by atoms with Gasteiger partial charge in [-0.2, -0.15) is 0 Å². The maximum absolute atomic E-state index is 11.0. The topological polar surface area (TPSA) is 39.4 Å².